The van der Waals surface area contributed by atoms with Gasteiger partial charge in [-0.25, -0.2) is 4.79 Å². The fraction of sp³-hybridized carbons (Fsp3) is 0.154. The van der Waals surface area contributed by atoms with E-state index in [1.807, 2.05) is 43.3 Å². The molecule has 0 saturated heterocycles. The van der Waals surface area contributed by atoms with Gasteiger partial charge in [0.05, 0.1) is 11.5 Å². The van der Waals surface area contributed by atoms with Crippen LogP contribution in [0.3, 0.4) is 0 Å². The summed E-state index contributed by atoms with van der Waals surface area (Å²) in [5.74, 6) is 0.833. The smallest absolute Gasteiger partial charge is 0.360 e. The maximum absolute atomic E-state index is 12.1. The Hall–Kier alpha value is -4.66. The zero-order valence-corrected chi connectivity index (χ0v) is 19.1. The molecule has 3 aromatic carbocycles. The number of esters is 1. The first-order valence-corrected chi connectivity index (χ1v) is 10.8. The Labute approximate surface area is 201 Å². The third-order valence-corrected chi connectivity index (χ3v) is 4.96. The van der Waals surface area contributed by atoms with Crippen LogP contribution in [0, 0.1) is 17.0 Å². The summed E-state index contributed by atoms with van der Waals surface area (Å²) in [6, 6.07) is 20.4. The van der Waals surface area contributed by atoms with Crippen molar-refractivity contribution in [3.05, 3.63) is 99.7 Å². The molecule has 0 N–H and O–H groups in total. The second-order valence-corrected chi connectivity index (χ2v) is 7.56. The SMILES string of the molecule is CCOC(=O)c1cc(-c2c(OCc3ccccc3)cc(C)cc2Oc2ccc([N+](=O)[O-])cc2)on1. The normalized spacial score (nSPS) is 10.6. The monoisotopic (exact) mass is 474 g/mol. The number of carbonyl (C=O) groups excluding carboxylic acids is 1. The molecule has 4 rings (SSSR count). The van der Waals surface area contributed by atoms with E-state index in [2.05, 4.69) is 5.16 Å². The predicted molar refractivity (Wildman–Crippen MR) is 127 cm³/mol. The van der Waals surface area contributed by atoms with Crippen LogP contribution in [0.5, 0.6) is 17.2 Å². The predicted octanol–water partition coefficient (Wildman–Crippen LogP) is 6.11. The largest absolute Gasteiger partial charge is 0.488 e. The average molecular weight is 474 g/mol. The number of nitro groups is 1. The van der Waals surface area contributed by atoms with Crippen molar-refractivity contribution >= 4 is 11.7 Å². The third kappa shape index (κ3) is 5.64. The molecule has 0 aliphatic heterocycles. The van der Waals surface area contributed by atoms with Crippen LogP contribution in [-0.2, 0) is 11.3 Å². The standard InChI is InChI=1S/C26H22N2O7/c1-3-32-26(29)21-15-24(35-27-21)25-22(33-16-18-7-5-4-6-8-18)13-17(2)14-23(25)34-20-11-9-19(10-12-20)28(30)31/h4-15H,3,16H2,1-2H3. The number of hydrogen-bond acceptors (Lipinski definition) is 8. The van der Waals surface area contributed by atoms with E-state index in [-0.39, 0.29) is 30.4 Å². The van der Waals surface area contributed by atoms with E-state index < -0.39 is 10.9 Å². The van der Waals surface area contributed by atoms with Crippen molar-refractivity contribution < 1.29 is 28.5 Å². The van der Waals surface area contributed by atoms with Gasteiger partial charge in [0.2, 0.25) is 0 Å². The molecule has 0 aliphatic carbocycles. The lowest BCUT2D eigenvalue weighted by Gasteiger charge is -2.16. The summed E-state index contributed by atoms with van der Waals surface area (Å²) >= 11 is 0. The molecule has 0 atom stereocenters. The Morgan fingerprint density at radius 2 is 1.74 bits per heavy atom. The third-order valence-electron chi connectivity index (χ3n) is 4.96. The number of rotatable bonds is 9. The van der Waals surface area contributed by atoms with Crippen molar-refractivity contribution in [1.82, 2.24) is 5.16 Å². The summed E-state index contributed by atoms with van der Waals surface area (Å²) in [4.78, 5) is 22.6. The van der Waals surface area contributed by atoms with E-state index in [4.69, 9.17) is 18.7 Å². The van der Waals surface area contributed by atoms with Crippen LogP contribution >= 0.6 is 0 Å². The fourth-order valence-corrected chi connectivity index (χ4v) is 3.35. The van der Waals surface area contributed by atoms with E-state index in [1.54, 1.807) is 13.0 Å². The van der Waals surface area contributed by atoms with Crippen LogP contribution in [0.1, 0.15) is 28.5 Å². The molecule has 0 bridgehead atoms. The minimum Gasteiger partial charge on any atom is -0.488 e. The quantitative estimate of drug-likeness (QED) is 0.162. The Kier molecular flexibility index (Phi) is 7.06. The van der Waals surface area contributed by atoms with Gasteiger partial charge in [0.1, 0.15) is 29.4 Å². The van der Waals surface area contributed by atoms with Crippen LogP contribution < -0.4 is 9.47 Å². The molecule has 178 valence electrons. The Morgan fingerprint density at radius 3 is 2.43 bits per heavy atom. The van der Waals surface area contributed by atoms with E-state index in [1.165, 1.54) is 30.3 Å². The topological polar surface area (TPSA) is 114 Å². The molecule has 1 aromatic heterocycles. The zero-order chi connectivity index (χ0) is 24.8. The lowest BCUT2D eigenvalue weighted by molar-refractivity contribution is -0.384. The van der Waals surface area contributed by atoms with E-state index >= 15 is 0 Å². The fourth-order valence-electron chi connectivity index (χ4n) is 3.35. The van der Waals surface area contributed by atoms with Crippen LogP contribution in [0.4, 0.5) is 5.69 Å². The highest BCUT2D eigenvalue weighted by Gasteiger charge is 2.23. The summed E-state index contributed by atoms with van der Waals surface area (Å²) in [6.45, 7) is 4.06. The molecule has 0 fully saturated rings. The highest BCUT2D eigenvalue weighted by Crippen LogP contribution is 2.42. The first kappa shape index (κ1) is 23.5. The van der Waals surface area contributed by atoms with Crippen molar-refractivity contribution in [1.29, 1.82) is 0 Å². The lowest BCUT2D eigenvalue weighted by atomic mass is 10.1. The van der Waals surface area contributed by atoms with Gasteiger partial charge in [-0.3, -0.25) is 10.1 Å². The number of aromatic nitrogens is 1. The van der Waals surface area contributed by atoms with Crippen molar-refractivity contribution in [3.63, 3.8) is 0 Å². The van der Waals surface area contributed by atoms with Crippen molar-refractivity contribution in [3.8, 4) is 28.6 Å². The van der Waals surface area contributed by atoms with Gasteiger partial charge in [0.25, 0.3) is 5.69 Å². The van der Waals surface area contributed by atoms with Gasteiger partial charge in [-0.05, 0) is 49.2 Å². The maximum Gasteiger partial charge on any atom is 0.360 e. The molecule has 0 radical (unpaired) electrons. The van der Waals surface area contributed by atoms with Gasteiger partial charge in [0, 0.05) is 18.2 Å². The first-order valence-electron chi connectivity index (χ1n) is 10.8. The number of hydrogen-bond donors (Lipinski definition) is 0. The Morgan fingerprint density at radius 1 is 1.03 bits per heavy atom. The van der Waals surface area contributed by atoms with Gasteiger partial charge >= 0.3 is 5.97 Å². The summed E-state index contributed by atoms with van der Waals surface area (Å²) in [7, 11) is 0. The molecule has 0 amide bonds. The Balaban J connectivity index is 1.74. The molecule has 1 heterocycles. The van der Waals surface area contributed by atoms with Crippen LogP contribution in [0.15, 0.2) is 77.3 Å². The number of aryl methyl sites for hydroxylation is 1. The second kappa shape index (κ2) is 10.5. The van der Waals surface area contributed by atoms with Crippen molar-refractivity contribution in [2.24, 2.45) is 0 Å². The van der Waals surface area contributed by atoms with Gasteiger partial charge in [0.15, 0.2) is 11.5 Å². The molecule has 9 nitrogen and oxygen atoms in total. The van der Waals surface area contributed by atoms with Crippen molar-refractivity contribution in [2.75, 3.05) is 6.61 Å². The molecule has 0 saturated carbocycles. The van der Waals surface area contributed by atoms with Crippen LogP contribution in [-0.4, -0.2) is 22.7 Å². The van der Waals surface area contributed by atoms with E-state index in [9.17, 15) is 14.9 Å². The minimum absolute atomic E-state index is 0.0118. The molecular formula is C26H22N2O7. The van der Waals surface area contributed by atoms with E-state index in [0.717, 1.165) is 11.1 Å². The number of nitro benzene ring substituents is 1. The van der Waals surface area contributed by atoms with Crippen LogP contribution in [0.2, 0.25) is 0 Å². The summed E-state index contributed by atoms with van der Waals surface area (Å²) in [5.41, 5.74) is 2.20. The number of non-ortho nitro benzene ring substituents is 1. The Bertz CT molecular complexity index is 1330. The number of nitrogens with zero attached hydrogens (tertiary/aromatic N) is 2. The first-order chi connectivity index (χ1) is 16.9. The molecule has 0 aliphatic rings. The second-order valence-electron chi connectivity index (χ2n) is 7.56. The van der Waals surface area contributed by atoms with Gasteiger partial charge in [-0.15, -0.1) is 0 Å². The minimum atomic E-state index is -0.612. The summed E-state index contributed by atoms with van der Waals surface area (Å²) < 4.78 is 22.7. The highest BCUT2D eigenvalue weighted by atomic mass is 16.6. The molecule has 9 heteroatoms. The molecule has 0 unspecified atom stereocenters. The highest BCUT2D eigenvalue weighted by molar-refractivity contribution is 5.89. The molecular weight excluding hydrogens is 452 g/mol. The summed E-state index contributed by atoms with van der Waals surface area (Å²) in [5, 5.41) is 14.8. The van der Waals surface area contributed by atoms with Crippen LogP contribution in [0.25, 0.3) is 11.3 Å². The van der Waals surface area contributed by atoms with Crippen molar-refractivity contribution in [2.45, 2.75) is 20.5 Å². The molecule has 4 aromatic rings. The summed E-state index contributed by atoms with van der Waals surface area (Å²) in [6.07, 6.45) is 0. The molecule has 35 heavy (non-hydrogen) atoms. The van der Waals surface area contributed by atoms with Gasteiger partial charge < -0.3 is 18.7 Å². The zero-order valence-electron chi connectivity index (χ0n) is 19.1. The number of ether oxygens (including phenoxy) is 3. The number of carbonyl (C=O) groups is 1. The molecule has 0 spiro atoms. The maximum atomic E-state index is 12.1. The van der Waals surface area contributed by atoms with Gasteiger partial charge in [-0.1, -0.05) is 35.5 Å². The van der Waals surface area contributed by atoms with Gasteiger partial charge in [-0.2, -0.15) is 0 Å². The lowest BCUT2D eigenvalue weighted by Crippen LogP contribution is -2.04. The van der Waals surface area contributed by atoms with E-state index in [0.29, 0.717) is 22.8 Å². The average Bonchev–Trinajstić information content (AvgIpc) is 3.33. The number of benzene rings is 3.